The van der Waals surface area contributed by atoms with Gasteiger partial charge in [0.2, 0.25) is 5.91 Å². The number of aryl methyl sites for hydroxylation is 1. The Bertz CT molecular complexity index is 771. The first-order valence-electron chi connectivity index (χ1n) is 9.21. The Balaban J connectivity index is 1.59. The Labute approximate surface area is 147 Å². The SMILES string of the molecule is Cc1cc(N2CCC(C(N)=O)(N3CCCCC3)CC2)n2nccc2n1. The number of nitrogens with two attached hydrogens (primary N) is 1. The molecule has 0 aliphatic carbocycles. The third-order valence-corrected chi connectivity index (χ3v) is 5.80. The second kappa shape index (κ2) is 6.29. The maximum absolute atomic E-state index is 12.4. The summed E-state index contributed by atoms with van der Waals surface area (Å²) in [5.41, 5.74) is 7.24. The zero-order valence-corrected chi connectivity index (χ0v) is 14.8. The van der Waals surface area contributed by atoms with Gasteiger partial charge in [0.25, 0.3) is 0 Å². The second-order valence-corrected chi connectivity index (χ2v) is 7.29. The lowest BCUT2D eigenvalue weighted by Crippen LogP contribution is -2.63. The summed E-state index contributed by atoms with van der Waals surface area (Å²) in [6, 6.07) is 3.99. The molecule has 134 valence electrons. The van der Waals surface area contributed by atoms with Crippen LogP contribution in [0.3, 0.4) is 0 Å². The topological polar surface area (TPSA) is 79.8 Å². The van der Waals surface area contributed by atoms with Crippen LogP contribution in [0.15, 0.2) is 18.3 Å². The van der Waals surface area contributed by atoms with E-state index in [0.717, 1.165) is 69.0 Å². The molecule has 2 saturated heterocycles. The van der Waals surface area contributed by atoms with Crippen LogP contribution in [0.2, 0.25) is 0 Å². The fraction of sp³-hybridized carbons (Fsp3) is 0.611. The summed E-state index contributed by atoms with van der Waals surface area (Å²) in [6.07, 6.45) is 6.90. The van der Waals surface area contributed by atoms with E-state index in [1.165, 1.54) is 6.42 Å². The molecule has 2 aromatic heterocycles. The average molecular weight is 342 g/mol. The molecule has 0 atom stereocenters. The van der Waals surface area contributed by atoms with Gasteiger partial charge in [0.05, 0.1) is 6.20 Å². The average Bonchev–Trinajstić information content (AvgIpc) is 3.10. The zero-order chi connectivity index (χ0) is 17.4. The van der Waals surface area contributed by atoms with Gasteiger partial charge in [-0.1, -0.05) is 6.42 Å². The zero-order valence-electron chi connectivity index (χ0n) is 14.8. The number of rotatable bonds is 3. The van der Waals surface area contributed by atoms with Gasteiger partial charge in [0, 0.05) is 30.9 Å². The number of fused-ring (bicyclic) bond motifs is 1. The van der Waals surface area contributed by atoms with Crippen molar-refractivity contribution in [3.8, 4) is 0 Å². The highest BCUT2D eigenvalue weighted by Gasteiger charge is 2.45. The number of primary amides is 1. The van der Waals surface area contributed by atoms with E-state index in [0.29, 0.717) is 0 Å². The van der Waals surface area contributed by atoms with Gasteiger partial charge >= 0.3 is 0 Å². The van der Waals surface area contributed by atoms with Crippen molar-refractivity contribution >= 4 is 17.4 Å². The number of hydrogen-bond acceptors (Lipinski definition) is 5. The first-order chi connectivity index (χ1) is 12.1. The third kappa shape index (κ3) is 2.76. The molecule has 0 aromatic carbocycles. The minimum absolute atomic E-state index is 0.163. The smallest absolute Gasteiger partial charge is 0.238 e. The van der Waals surface area contributed by atoms with Gasteiger partial charge in [-0.3, -0.25) is 9.69 Å². The van der Waals surface area contributed by atoms with Gasteiger partial charge in [-0.15, -0.1) is 0 Å². The maximum atomic E-state index is 12.4. The highest BCUT2D eigenvalue weighted by atomic mass is 16.1. The van der Waals surface area contributed by atoms with Gasteiger partial charge in [0.1, 0.15) is 11.4 Å². The number of likely N-dealkylation sites (tertiary alicyclic amines) is 1. The lowest BCUT2D eigenvalue weighted by atomic mass is 9.83. The number of carbonyl (C=O) groups excluding carboxylic acids is 1. The molecular formula is C18H26N6O. The molecule has 2 N–H and O–H groups in total. The molecule has 0 unspecified atom stereocenters. The second-order valence-electron chi connectivity index (χ2n) is 7.29. The first kappa shape index (κ1) is 16.3. The summed E-state index contributed by atoms with van der Waals surface area (Å²) in [5.74, 6) is 0.883. The van der Waals surface area contributed by atoms with Crippen molar-refractivity contribution in [1.82, 2.24) is 19.5 Å². The number of aromatic nitrogens is 3. The molecule has 1 amide bonds. The molecule has 2 fully saturated rings. The number of nitrogens with zero attached hydrogens (tertiary/aromatic N) is 5. The number of amides is 1. The fourth-order valence-corrected chi connectivity index (χ4v) is 4.39. The highest BCUT2D eigenvalue weighted by molar-refractivity contribution is 5.85. The Hall–Kier alpha value is -2.15. The van der Waals surface area contributed by atoms with Gasteiger partial charge < -0.3 is 10.6 Å². The van der Waals surface area contributed by atoms with Crippen molar-refractivity contribution in [2.24, 2.45) is 5.73 Å². The Morgan fingerprint density at radius 3 is 2.56 bits per heavy atom. The van der Waals surface area contributed by atoms with E-state index >= 15 is 0 Å². The minimum Gasteiger partial charge on any atom is -0.368 e. The van der Waals surface area contributed by atoms with Gasteiger partial charge in [-0.25, -0.2) is 4.98 Å². The van der Waals surface area contributed by atoms with Crippen LogP contribution in [0, 0.1) is 6.92 Å². The fourth-order valence-electron chi connectivity index (χ4n) is 4.39. The molecule has 25 heavy (non-hydrogen) atoms. The molecule has 2 aliphatic rings. The van der Waals surface area contributed by atoms with Crippen LogP contribution in [-0.2, 0) is 4.79 Å². The van der Waals surface area contributed by atoms with Gasteiger partial charge in [0.15, 0.2) is 5.65 Å². The Kier molecular flexibility index (Phi) is 4.11. The van der Waals surface area contributed by atoms with E-state index in [4.69, 9.17) is 5.73 Å². The molecule has 0 spiro atoms. The predicted octanol–water partition coefficient (Wildman–Crippen LogP) is 1.35. The quantitative estimate of drug-likeness (QED) is 0.911. The summed E-state index contributed by atoms with van der Waals surface area (Å²) in [7, 11) is 0. The minimum atomic E-state index is -0.484. The molecule has 0 saturated carbocycles. The molecule has 2 aliphatic heterocycles. The molecule has 0 radical (unpaired) electrons. The van der Waals surface area contributed by atoms with Crippen molar-refractivity contribution < 1.29 is 4.79 Å². The maximum Gasteiger partial charge on any atom is 0.238 e. The summed E-state index contributed by atoms with van der Waals surface area (Å²) >= 11 is 0. The van der Waals surface area contributed by atoms with Crippen LogP contribution in [0.5, 0.6) is 0 Å². The van der Waals surface area contributed by atoms with E-state index in [9.17, 15) is 4.79 Å². The summed E-state index contributed by atoms with van der Waals surface area (Å²) < 4.78 is 1.88. The summed E-state index contributed by atoms with van der Waals surface area (Å²) in [6.45, 7) is 5.58. The number of carbonyl (C=O) groups is 1. The highest BCUT2D eigenvalue weighted by Crippen LogP contribution is 2.33. The molecule has 4 heterocycles. The molecule has 0 bridgehead atoms. The van der Waals surface area contributed by atoms with Crippen molar-refractivity contribution in [2.75, 3.05) is 31.1 Å². The predicted molar refractivity (Wildman–Crippen MR) is 96.5 cm³/mol. The van der Waals surface area contributed by atoms with Gasteiger partial charge in [-0.05, 0) is 45.7 Å². The molecular weight excluding hydrogens is 316 g/mol. The normalized spacial score (nSPS) is 21.6. The van der Waals surface area contributed by atoms with Crippen LogP contribution < -0.4 is 10.6 Å². The van der Waals surface area contributed by atoms with Crippen molar-refractivity contribution in [3.63, 3.8) is 0 Å². The summed E-state index contributed by atoms with van der Waals surface area (Å²) in [5, 5.41) is 4.41. The molecule has 7 heteroatoms. The Morgan fingerprint density at radius 2 is 1.88 bits per heavy atom. The standard InChI is InChI=1S/C18H26N6O/c1-14-13-16(24-15(21-14)5-8-20-24)22-11-6-18(7-12-22,17(19)25)23-9-3-2-4-10-23/h5,8,13H,2-4,6-7,9-12H2,1H3,(H2,19,25). The van der Waals surface area contributed by atoms with Crippen LogP contribution in [0.1, 0.15) is 37.8 Å². The lowest BCUT2D eigenvalue weighted by Gasteiger charge is -2.48. The van der Waals surface area contributed by atoms with Crippen molar-refractivity contribution in [3.05, 3.63) is 24.0 Å². The van der Waals surface area contributed by atoms with E-state index in [2.05, 4.69) is 25.9 Å². The molecule has 2 aromatic rings. The number of hydrogen-bond donors (Lipinski definition) is 1. The van der Waals surface area contributed by atoms with E-state index in [1.807, 2.05) is 17.5 Å². The van der Waals surface area contributed by atoms with Crippen molar-refractivity contribution in [2.45, 2.75) is 44.6 Å². The third-order valence-electron chi connectivity index (χ3n) is 5.80. The number of anilines is 1. The van der Waals surface area contributed by atoms with Gasteiger partial charge in [-0.2, -0.15) is 9.61 Å². The monoisotopic (exact) mass is 342 g/mol. The van der Waals surface area contributed by atoms with Crippen LogP contribution in [-0.4, -0.2) is 57.1 Å². The molecule has 4 rings (SSSR count). The van der Waals surface area contributed by atoms with E-state index < -0.39 is 5.54 Å². The van der Waals surface area contributed by atoms with Crippen LogP contribution >= 0.6 is 0 Å². The number of piperidine rings is 2. The lowest BCUT2D eigenvalue weighted by molar-refractivity contribution is -0.132. The largest absolute Gasteiger partial charge is 0.368 e. The van der Waals surface area contributed by atoms with Crippen LogP contribution in [0.25, 0.3) is 5.65 Å². The van der Waals surface area contributed by atoms with Crippen LogP contribution in [0.4, 0.5) is 5.82 Å². The van der Waals surface area contributed by atoms with E-state index in [-0.39, 0.29) is 5.91 Å². The molecule has 7 nitrogen and oxygen atoms in total. The Morgan fingerprint density at radius 1 is 1.16 bits per heavy atom. The first-order valence-corrected chi connectivity index (χ1v) is 9.21. The van der Waals surface area contributed by atoms with Crippen molar-refractivity contribution in [1.29, 1.82) is 0 Å². The summed E-state index contributed by atoms with van der Waals surface area (Å²) in [4.78, 5) is 21.5. The van der Waals surface area contributed by atoms with E-state index in [1.54, 1.807) is 6.20 Å².